The second-order valence-electron chi connectivity index (χ2n) is 3.19. The molecule has 0 radical (unpaired) electrons. The van der Waals surface area contributed by atoms with E-state index in [0.29, 0.717) is 6.54 Å². The Morgan fingerprint density at radius 1 is 1.80 bits per heavy atom. The van der Waals surface area contributed by atoms with Gasteiger partial charge in [0, 0.05) is 0 Å². The van der Waals surface area contributed by atoms with E-state index in [1.807, 2.05) is 0 Å². The van der Waals surface area contributed by atoms with E-state index in [0.717, 1.165) is 19.4 Å². The molecule has 0 spiro atoms. The van der Waals surface area contributed by atoms with Crippen molar-refractivity contribution in [3.63, 3.8) is 0 Å². The van der Waals surface area contributed by atoms with Crippen LogP contribution >= 0.6 is 0 Å². The van der Waals surface area contributed by atoms with Crippen LogP contribution in [0.1, 0.15) is 12.8 Å². The number of carbonyl (C=O) groups excluding carboxylic acids is 1. The van der Waals surface area contributed by atoms with Crippen LogP contribution in [0, 0.1) is 0 Å². The first kappa shape index (κ1) is 11.5. The third kappa shape index (κ3) is 3.99. The molecule has 6 nitrogen and oxygen atoms in total. The average molecular weight is 212 g/mol. The molecule has 0 saturated carbocycles. The molecular formula is C9H16N4O2. The second-order valence-corrected chi connectivity index (χ2v) is 3.19. The van der Waals surface area contributed by atoms with Gasteiger partial charge >= 0.3 is 5.97 Å². The molecule has 1 aliphatic heterocycles. The van der Waals surface area contributed by atoms with E-state index in [4.69, 9.17) is 10.6 Å². The van der Waals surface area contributed by atoms with Crippen molar-refractivity contribution in [1.82, 2.24) is 10.8 Å². The first-order valence-corrected chi connectivity index (χ1v) is 4.85. The zero-order valence-electron chi connectivity index (χ0n) is 8.53. The fourth-order valence-corrected chi connectivity index (χ4v) is 1.25. The highest BCUT2D eigenvalue weighted by Gasteiger charge is 2.23. The largest absolute Gasteiger partial charge is 0.368 e. The molecule has 1 atom stereocenters. The summed E-state index contributed by atoms with van der Waals surface area (Å²) in [5, 5.41) is 3.01. The average Bonchev–Trinajstić information content (AvgIpc) is 2.76. The molecule has 1 rings (SSSR count). The van der Waals surface area contributed by atoms with Crippen molar-refractivity contribution < 1.29 is 9.63 Å². The number of nitrogens with zero attached hydrogens (tertiary/aromatic N) is 1. The molecule has 15 heavy (non-hydrogen) atoms. The lowest BCUT2D eigenvalue weighted by Gasteiger charge is -2.10. The molecular weight excluding hydrogens is 196 g/mol. The van der Waals surface area contributed by atoms with Crippen LogP contribution in [-0.4, -0.2) is 31.1 Å². The van der Waals surface area contributed by atoms with E-state index >= 15 is 0 Å². The normalized spacial score (nSPS) is 21.1. The Labute approximate surface area is 88.5 Å². The number of rotatable bonds is 3. The number of aliphatic imine (C=N–C) groups is 1. The Kier molecular flexibility index (Phi) is 4.62. The van der Waals surface area contributed by atoms with E-state index in [9.17, 15) is 4.79 Å². The topological polar surface area (TPSA) is 88.7 Å². The quantitative estimate of drug-likeness (QED) is 0.249. The third-order valence-electron chi connectivity index (χ3n) is 1.99. The van der Waals surface area contributed by atoms with Crippen molar-refractivity contribution in [1.29, 1.82) is 0 Å². The van der Waals surface area contributed by atoms with Crippen molar-refractivity contribution in [3.8, 4) is 0 Å². The maximum Gasteiger partial charge on any atom is 0.348 e. The van der Waals surface area contributed by atoms with Gasteiger partial charge in [-0.05, 0) is 19.4 Å². The maximum atomic E-state index is 11.3. The predicted octanol–water partition coefficient (Wildman–Crippen LogP) is -0.713. The number of guanidine groups is 1. The van der Waals surface area contributed by atoms with Gasteiger partial charge in [-0.15, -0.1) is 6.58 Å². The van der Waals surface area contributed by atoms with Crippen LogP contribution in [0.3, 0.4) is 0 Å². The summed E-state index contributed by atoms with van der Waals surface area (Å²) in [6.45, 7) is 4.72. The second kappa shape index (κ2) is 6.02. The number of nitrogens with two attached hydrogens (primary N) is 1. The molecule has 0 aromatic carbocycles. The Hall–Kier alpha value is -1.56. The summed E-state index contributed by atoms with van der Waals surface area (Å²) < 4.78 is 0. The zero-order chi connectivity index (χ0) is 11.1. The highest BCUT2D eigenvalue weighted by atomic mass is 16.7. The standard InChI is InChI=1S/C9H16N4O2/c1-2-5-12-9(10)13-15-8(14)7-4-3-6-11-7/h2,7,11H,1,3-6H2,(H3,10,12,13)/t7-/m0/s1. The van der Waals surface area contributed by atoms with E-state index in [2.05, 4.69) is 22.4 Å². The van der Waals surface area contributed by atoms with Crippen molar-refractivity contribution in [2.24, 2.45) is 10.7 Å². The SMILES string of the molecule is C=CCN=C(N)NOC(=O)[C@@H]1CCCN1. The van der Waals surface area contributed by atoms with Crippen LogP contribution in [0.25, 0.3) is 0 Å². The Bertz CT molecular complexity index is 259. The molecule has 1 aliphatic rings. The van der Waals surface area contributed by atoms with E-state index < -0.39 is 0 Å². The summed E-state index contributed by atoms with van der Waals surface area (Å²) in [7, 11) is 0. The minimum Gasteiger partial charge on any atom is -0.368 e. The van der Waals surface area contributed by atoms with Crippen LogP contribution in [0.2, 0.25) is 0 Å². The van der Waals surface area contributed by atoms with Crippen molar-refractivity contribution in [2.75, 3.05) is 13.1 Å². The number of carbonyl (C=O) groups is 1. The lowest BCUT2D eigenvalue weighted by Crippen LogP contribution is -2.40. The molecule has 0 aromatic heterocycles. The fraction of sp³-hybridized carbons (Fsp3) is 0.556. The van der Waals surface area contributed by atoms with E-state index in [1.54, 1.807) is 6.08 Å². The van der Waals surface area contributed by atoms with Gasteiger partial charge in [0.1, 0.15) is 6.04 Å². The molecule has 1 fully saturated rings. The van der Waals surface area contributed by atoms with Gasteiger partial charge in [-0.2, -0.15) is 5.48 Å². The van der Waals surface area contributed by atoms with Crippen molar-refractivity contribution in [2.45, 2.75) is 18.9 Å². The molecule has 84 valence electrons. The zero-order valence-corrected chi connectivity index (χ0v) is 8.53. The molecule has 6 heteroatoms. The monoisotopic (exact) mass is 212 g/mol. The molecule has 4 N–H and O–H groups in total. The summed E-state index contributed by atoms with van der Waals surface area (Å²) >= 11 is 0. The number of hydrogen-bond acceptors (Lipinski definition) is 4. The summed E-state index contributed by atoms with van der Waals surface area (Å²) in [6.07, 6.45) is 3.37. The van der Waals surface area contributed by atoms with Crippen LogP contribution in [0.5, 0.6) is 0 Å². The van der Waals surface area contributed by atoms with E-state index in [-0.39, 0.29) is 18.0 Å². The van der Waals surface area contributed by atoms with Gasteiger partial charge in [-0.25, -0.2) is 9.79 Å². The molecule has 0 bridgehead atoms. The van der Waals surface area contributed by atoms with Crippen LogP contribution < -0.4 is 16.5 Å². The van der Waals surface area contributed by atoms with Crippen molar-refractivity contribution >= 4 is 11.9 Å². The van der Waals surface area contributed by atoms with Gasteiger partial charge in [-0.1, -0.05) is 6.08 Å². The van der Waals surface area contributed by atoms with Crippen LogP contribution in [0.15, 0.2) is 17.6 Å². The van der Waals surface area contributed by atoms with Gasteiger partial charge < -0.3 is 15.9 Å². The summed E-state index contributed by atoms with van der Waals surface area (Å²) in [5.41, 5.74) is 7.68. The molecule has 0 unspecified atom stereocenters. The van der Waals surface area contributed by atoms with Gasteiger partial charge in [-0.3, -0.25) is 0 Å². The molecule has 1 saturated heterocycles. The van der Waals surface area contributed by atoms with Crippen molar-refractivity contribution in [3.05, 3.63) is 12.7 Å². The smallest absolute Gasteiger partial charge is 0.348 e. The number of hydrogen-bond donors (Lipinski definition) is 3. The highest BCUT2D eigenvalue weighted by Crippen LogP contribution is 2.05. The van der Waals surface area contributed by atoms with Gasteiger partial charge in [0.05, 0.1) is 6.54 Å². The number of nitrogens with one attached hydrogen (secondary N) is 2. The van der Waals surface area contributed by atoms with Gasteiger partial charge in [0.15, 0.2) is 0 Å². The lowest BCUT2D eigenvalue weighted by molar-refractivity contribution is -0.150. The highest BCUT2D eigenvalue weighted by molar-refractivity contribution is 5.81. The third-order valence-corrected chi connectivity index (χ3v) is 1.99. The molecule has 1 heterocycles. The Morgan fingerprint density at radius 3 is 3.20 bits per heavy atom. The first-order valence-electron chi connectivity index (χ1n) is 4.85. The van der Waals surface area contributed by atoms with Gasteiger partial charge in [0.25, 0.3) is 0 Å². The van der Waals surface area contributed by atoms with Crippen LogP contribution in [0.4, 0.5) is 0 Å². The summed E-state index contributed by atoms with van der Waals surface area (Å²) in [5.74, 6) is -0.287. The molecule has 0 amide bonds. The summed E-state index contributed by atoms with van der Waals surface area (Å²) in [4.78, 5) is 19.9. The first-order chi connectivity index (χ1) is 7.24. The van der Waals surface area contributed by atoms with Crippen LogP contribution in [-0.2, 0) is 9.63 Å². The lowest BCUT2D eigenvalue weighted by atomic mass is 10.2. The predicted molar refractivity (Wildman–Crippen MR) is 56.9 cm³/mol. The minimum absolute atomic E-state index is 0.0706. The summed E-state index contributed by atoms with van der Waals surface area (Å²) in [6, 6.07) is -0.232. The minimum atomic E-state index is -0.357. The molecule has 0 aromatic rings. The maximum absolute atomic E-state index is 11.3. The van der Waals surface area contributed by atoms with Gasteiger partial charge in [0.2, 0.25) is 5.96 Å². The van der Waals surface area contributed by atoms with E-state index in [1.165, 1.54) is 0 Å². The fourth-order valence-electron chi connectivity index (χ4n) is 1.25. The Morgan fingerprint density at radius 2 is 2.60 bits per heavy atom. The molecule has 0 aliphatic carbocycles. The number of hydroxylamine groups is 1. The Balaban J connectivity index is 2.23.